The molecule has 0 aliphatic rings. The maximum Gasteiger partial charge on any atom is 0.265 e. The van der Waals surface area contributed by atoms with Crippen LogP contribution in [0.25, 0.3) is 0 Å². The van der Waals surface area contributed by atoms with Crippen molar-refractivity contribution >= 4 is 39.1 Å². The molecule has 3 rings (SSSR count). The Morgan fingerprint density at radius 1 is 0.886 bits per heavy atom. The number of hydrogen-bond acceptors (Lipinski definition) is 7. The Labute approximate surface area is 264 Å². The SMILES string of the molecule is CC[C@@H](C(=O)NCC(C)C)N(Cc1ccccc1)C(=O)CN(c1cc(Cl)ccc1OC)S(=O)(=O)c1ccc(OC)c(OC)c1. The summed E-state index contributed by atoms with van der Waals surface area (Å²) in [5.41, 5.74) is 0.839. The van der Waals surface area contributed by atoms with Crippen molar-refractivity contribution in [1.29, 1.82) is 0 Å². The fourth-order valence-electron chi connectivity index (χ4n) is 4.60. The minimum absolute atomic E-state index is 0.0557. The van der Waals surface area contributed by atoms with Crippen molar-refractivity contribution < 1.29 is 32.2 Å². The van der Waals surface area contributed by atoms with Crippen LogP contribution in [0.4, 0.5) is 5.69 Å². The molecular formula is C32H40ClN3O7S. The summed E-state index contributed by atoms with van der Waals surface area (Å²) in [7, 11) is -0.197. The molecule has 0 spiro atoms. The Morgan fingerprint density at radius 2 is 1.52 bits per heavy atom. The van der Waals surface area contributed by atoms with E-state index in [1.807, 2.05) is 51.1 Å². The number of methoxy groups -OCH3 is 3. The Hall–Kier alpha value is -3.96. The van der Waals surface area contributed by atoms with E-state index in [1.165, 1.54) is 56.6 Å². The third-order valence-electron chi connectivity index (χ3n) is 6.90. The van der Waals surface area contributed by atoms with E-state index in [0.29, 0.717) is 18.7 Å². The first-order chi connectivity index (χ1) is 21.0. The fourth-order valence-corrected chi connectivity index (χ4v) is 6.20. The number of halogens is 1. The Balaban J connectivity index is 2.15. The van der Waals surface area contributed by atoms with Crippen molar-refractivity contribution in [2.24, 2.45) is 5.92 Å². The van der Waals surface area contributed by atoms with Crippen LogP contribution in [0.1, 0.15) is 32.8 Å². The molecule has 44 heavy (non-hydrogen) atoms. The predicted octanol–water partition coefficient (Wildman–Crippen LogP) is 5.14. The van der Waals surface area contributed by atoms with Gasteiger partial charge in [-0.05, 0) is 48.2 Å². The van der Waals surface area contributed by atoms with Gasteiger partial charge in [-0.25, -0.2) is 8.42 Å². The first-order valence-electron chi connectivity index (χ1n) is 14.2. The van der Waals surface area contributed by atoms with Gasteiger partial charge in [-0.3, -0.25) is 13.9 Å². The lowest BCUT2D eigenvalue weighted by molar-refractivity contribution is -0.140. The minimum atomic E-state index is -4.43. The molecule has 1 N–H and O–H groups in total. The van der Waals surface area contributed by atoms with E-state index in [2.05, 4.69) is 5.32 Å². The third kappa shape index (κ3) is 8.35. The summed E-state index contributed by atoms with van der Waals surface area (Å²) in [6.45, 7) is 5.64. The Morgan fingerprint density at radius 3 is 2.11 bits per heavy atom. The molecule has 1 atom stereocenters. The normalized spacial score (nSPS) is 11.9. The number of carbonyl (C=O) groups is 2. The quantitative estimate of drug-likeness (QED) is 0.243. The van der Waals surface area contributed by atoms with E-state index >= 15 is 0 Å². The zero-order valence-corrected chi connectivity index (χ0v) is 27.4. The molecule has 0 heterocycles. The smallest absolute Gasteiger partial charge is 0.265 e. The molecule has 12 heteroatoms. The monoisotopic (exact) mass is 645 g/mol. The van der Waals surface area contributed by atoms with Crippen LogP contribution in [0.5, 0.6) is 17.2 Å². The average molecular weight is 646 g/mol. The molecule has 238 valence electrons. The van der Waals surface area contributed by atoms with E-state index in [-0.39, 0.29) is 45.5 Å². The molecule has 0 saturated heterocycles. The van der Waals surface area contributed by atoms with E-state index in [0.717, 1.165) is 9.87 Å². The highest BCUT2D eigenvalue weighted by Crippen LogP contribution is 2.37. The Bertz CT molecular complexity index is 1530. The van der Waals surface area contributed by atoms with Gasteiger partial charge in [0.1, 0.15) is 18.3 Å². The summed E-state index contributed by atoms with van der Waals surface area (Å²) >= 11 is 6.32. The van der Waals surface area contributed by atoms with Gasteiger partial charge in [0.2, 0.25) is 11.8 Å². The number of anilines is 1. The van der Waals surface area contributed by atoms with Gasteiger partial charge in [-0.2, -0.15) is 0 Å². The number of nitrogens with one attached hydrogen (secondary N) is 1. The molecule has 0 bridgehead atoms. The zero-order chi connectivity index (χ0) is 32.4. The van der Waals surface area contributed by atoms with E-state index < -0.39 is 28.5 Å². The fraction of sp³-hybridized carbons (Fsp3) is 0.375. The summed E-state index contributed by atoms with van der Waals surface area (Å²) < 4.78 is 45.7. The second kappa shape index (κ2) is 15.7. The summed E-state index contributed by atoms with van der Waals surface area (Å²) in [6, 6.07) is 17.0. The second-order valence-corrected chi connectivity index (χ2v) is 12.7. The van der Waals surface area contributed by atoms with Crippen molar-refractivity contribution in [3.8, 4) is 17.2 Å². The molecule has 0 radical (unpaired) electrons. The Kier molecular flexibility index (Phi) is 12.3. The van der Waals surface area contributed by atoms with E-state index in [9.17, 15) is 18.0 Å². The second-order valence-electron chi connectivity index (χ2n) is 10.4. The van der Waals surface area contributed by atoms with E-state index in [4.69, 9.17) is 25.8 Å². The molecule has 3 aromatic rings. The third-order valence-corrected chi connectivity index (χ3v) is 8.89. The molecule has 0 saturated carbocycles. The van der Waals surface area contributed by atoms with E-state index in [1.54, 1.807) is 6.07 Å². The van der Waals surface area contributed by atoms with Crippen LogP contribution in [-0.4, -0.2) is 65.6 Å². The summed E-state index contributed by atoms with van der Waals surface area (Å²) in [5.74, 6) is -0.000506. The van der Waals surface area contributed by atoms with Gasteiger partial charge < -0.3 is 24.4 Å². The summed E-state index contributed by atoms with van der Waals surface area (Å²) in [5, 5.41) is 3.15. The maximum atomic E-state index is 14.3. The van der Waals surface area contributed by atoms with Crippen molar-refractivity contribution in [3.63, 3.8) is 0 Å². The van der Waals surface area contributed by atoms with Gasteiger partial charge in [0.25, 0.3) is 10.0 Å². The first-order valence-corrected chi connectivity index (χ1v) is 16.0. The van der Waals surface area contributed by atoms with Crippen LogP contribution in [0.3, 0.4) is 0 Å². The van der Waals surface area contributed by atoms with Gasteiger partial charge >= 0.3 is 0 Å². The van der Waals surface area contributed by atoms with Crippen molar-refractivity contribution in [2.75, 3.05) is 38.7 Å². The van der Waals surface area contributed by atoms with Crippen LogP contribution in [0.15, 0.2) is 71.6 Å². The highest BCUT2D eigenvalue weighted by atomic mass is 35.5. The zero-order valence-electron chi connectivity index (χ0n) is 25.9. The number of amides is 2. The van der Waals surface area contributed by atoms with Crippen molar-refractivity contribution in [3.05, 3.63) is 77.3 Å². The van der Waals surface area contributed by atoms with Gasteiger partial charge in [0, 0.05) is 24.2 Å². The molecule has 2 amide bonds. The van der Waals surface area contributed by atoms with Gasteiger partial charge in [-0.15, -0.1) is 0 Å². The summed E-state index contributed by atoms with van der Waals surface area (Å²) in [4.78, 5) is 28.9. The molecule has 0 unspecified atom stereocenters. The van der Waals surface area contributed by atoms with Crippen LogP contribution < -0.4 is 23.8 Å². The highest BCUT2D eigenvalue weighted by Gasteiger charge is 2.35. The minimum Gasteiger partial charge on any atom is -0.495 e. The molecule has 10 nitrogen and oxygen atoms in total. The standard InChI is InChI=1S/C32H40ClN3O7S/c1-7-26(32(38)34-19-22(2)3)35(20-23-11-9-8-10-12-23)31(37)21-36(27-17-24(33)13-15-28(27)41-4)44(39,40)25-14-16-29(42-5)30(18-25)43-6/h8-18,22,26H,7,19-21H2,1-6H3,(H,34,38)/t26-/m0/s1. The van der Waals surface area contributed by atoms with Gasteiger partial charge in [0.05, 0.1) is 31.9 Å². The van der Waals surface area contributed by atoms with Crippen molar-refractivity contribution in [1.82, 2.24) is 10.2 Å². The largest absolute Gasteiger partial charge is 0.495 e. The number of hydrogen-bond donors (Lipinski definition) is 1. The topological polar surface area (TPSA) is 114 Å². The van der Waals surface area contributed by atoms with Crippen molar-refractivity contribution in [2.45, 2.75) is 44.7 Å². The summed E-state index contributed by atoms with van der Waals surface area (Å²) in [6.07, 6.45) is 0.311. The highest BCUT2D eigenvalue weighted by molar-refractivity contribution is 7.92. The van der Waals surface area contributed by atoms with Crippen LogP contribution in [0.2, 0.25) is 5.02 Å². The molecular weight excluding hydrogens is 606 g/mol. The predicted molar refractivity (Wildman–Crippen MR) is 171 cm³/mol. The van der Waals surface area contributed by atoms with Crippen LogP contribution >= 0.6 is 11.6 Å². The number of carbonyl (C=O) groups excluding carboxylic acids is 2. The molecule has 3 aromatic carbocycles. The number of rotatable bonds is 15. The maximum absolute atomic E-state index is 14.3. The lowest BCUT2D eigenvalue weighted by Crippen LogP contribution is -2.52. The molecule has 0 fully saturated rings. The first kappa shape index (κ1) is 34.5. The van der Waals surface area contributed by atoms with Gasteiger partial charge in [-0.1, -0.05) is 62.7 Å². The lowest BCUT2D eigenvalue weighted by Gasteiger charge is -2.33. The number of nitrogens with zero attached hydrogens (tertiary/aromatic N) is 2. The number of ether oxygens (including phenoxy) is 3. The molecule has 0 aromatic heterocycles. The molecule has 0 aliphatic carbocycles. The lowest BCUT2D eigenvalue weighted by atomic mass is 10.1. The number of benzene rings is 3. The number of sulfonamides is 1. The van der Waals surface area contributed by atoms with Crippen LogP contribution in [-0.2, 0) is 26.2 Å². The molecule has 0 aliphatic heterocycles. The van der Waals surface area contributed by atoms with Gasteiger partial charge in [0.15, 0.2) is 11.5 Å². The van der Waals surface area contributed by atoms with Crippen LogP contribution in [0, 0.1) is 5.92 Å². The average Bonchev–Trinajstić information content (AvgIpc) is 3.02.